The van der Waals surface area contributed by atoms with E-state index < -0.39 is 0 Å². The Morgan fingerprint density at radius 2 is 1.91 bits per heavy atom. The molecule has 1 aromatic carbocycles. The molecule has 0 amide bonds. The van der Waals surface area contributed by atoms with Gasteiger partial charge in [0.15, 0.2) is 0 Å². The molecule has 0 spiro atoms. The Bertz CT molecular complexity index is 611. The lowest BCUT2D eigenvalue weighted by Gasteiger charge is -2.25. The van der Waals surface area contributed by atoms with E-state index in [1.54, 1.807) is 0 Å². The Morgan fingerprint density at radius 3 is 2.61 bits per heavy atom. The lowest BCUT2D eigenvalue weighted by Crippen LogP contribution is -2.35. The van der Waals surface area contributed by atoms with Crippen LogP contribution in [0.25, 0.3) is 0 Å². The van der Waals surface area contributed by atoms with Crippen molar-refractivity contribution in [3.8, 4) is 0 Å². The first-order valence-corrected chi connectivity index (χ1v) is 9.08. The van der Waals surface area contributed by atoms with Crippen molar-refractivity contribution in [3.05, 3.63) is 46.8 Å². The highest BCUT2D eigenvalue weighted by Crippen LogP contribution is 2.24. The van der Waals surface area contributed by atoms with E-state index in [0.29, 0.717) is 10.6 Å². The molecule has 124 valence electrons. The van der Waals surface area contributed by atoms with Crippen molar-refractivity contribution in [3.63, 3.8) is 0 Å². The van der Waals surface area contributed by atoms with E-state index in [-0.39, 0.29) is 0 Å². The molecule has 1 saturated carbocycles. The zero-order chi connectivity index (χ0) is 16.3. The summed E-state index contributed by atoms with van der Waals surface area (Å²) in [6.45, 7) is 8.50. The van der Waals surface area contributed by atoms with Gasteiger partial charge in [0.25, 0.3) is 0 Å². The summed E-state index contributed by atoms with van der Waals surface area (Å²) in [4.78, 5) is 0. The number of allylic oxidation sites excluding steroid dienone is 1. The Balaban J connectivity index is 1.71. The molecule has 0 radical (unpaired) electrons. The van der Waals surface area contributed by atoms with E-state index in [1.165, 1.54) is 54.5 Å². The molecular formula is C20H30N3+. The molecule has 1 heterocycles. The number of nitrogens with zero attached hydrogens (tertiary/aromatic N) is 2. The normalized spacial score (nSPS) is 24.7. The van der Waals surface area contributed by atoms with E-state index >= 15 is 0 Å². The van der Waals surface area contributed by atoms with Crippen molar-refractivity contribution in [1.82, 2.24) is 5.32 Å². The Labute approximate surface area is 140 Å². The fourth-order valence-corrected chi connectivity index (χ4v) is 3.65. The summed E-state index contributed by atoms with van der Waals surface area (Å²) in [5.41, 5.74) is 5.30. The fraction of sp³-hybridized carbons (Fsp3) is 0.550. The van der Waals surface area contributed by atoms with Gasteiger partial charge in [0, 0.05) is 11.6 Å². The minimum Gasteiger partial charge on any atom is -0.377 e. The SMILES string of the molecule is CC[N+]1(Cc2ccc(C)c(C)c2)C=C(NC2CCCCC2)C=N1. The third-order valence-electron chi connectivity index (χ3n) is 5.36. The van der Waals surface area contributed by atoms with Gasteiger partial charge < -0.3 is 5.32 Å². The summed E-state index contributed by atoms with van der Waals surface area (Å²) in [6.07, 6.45) is 11.1. The number of aryl methyl sites for hydroxylation is 2. The van der Waals surface area contributed by atoms with Crippen molar-refractivity contribution in [2.24, 2.45) is 5.10 Å². The Kier molecular flexibility index (Phi) is 4.86. The van der Waals surface area contributed by atoms with Crippen LogP contribution in [0.2, 0.25) is 0 Å². The quantitative estimate of drug-likeness (QED) is 0.801. The number of rotatable bonds is 5. The molecule has 1 atom stereocenters. The van der Waals surface area contributed by atoms with Gasteiger partial charge in [-0.25, -0.2) is 0 Å². The van der Waals surface area contributed by atoms with E-state index in [0.717, 1.165) is 13.1 Å². The van der Waals surface area contributed by atoms with Crippen molar-refractivity contribution in [1.29, 1.82) is 0 Å². The second-order valence-electron chi connectivity index (χ2n) is 7.19. The molecule has 3 heteroatoms. The van der Waals surface area contributed by atoms with Crippen LogP contribution in [0.3, 0.4) is 0 Å². The molecule has 0 aromatic heterocycles. The van der Waals surface area contributed by atoms with Crippen LogP contribution in [0.15, 0.2) is 35.2 Å². The van der Waals surface area contributed by atoms with Crippen molar-refractivity contribution in [2.75, 3.05) is 6.54 Å². The van der Waals surface area contributed by atoms with Crippen LogP contribution in [-0.4, -0.2) is 23.4 Å². The molecule has 1 unspecified atom stereocenters. The predicted octanol–water partition coefficient (Wildman–Crippen LogP) is 4.40. The first-order chi connectivity index (χ1) is 11.1. The molecule has 1 aliphatic heterocycles. The molecule has 1 fully saturated rings. The Hall–Kier alpha value is -1.61. The summed E-state index contributed by atoms with van der Waals surface area (Å²) < 4.78 is 0.678. The van der Waals surface area contributed by atoms with Crippen LogP contribution in [0, 0.1) is 13.8 Å². The molecule has 3 nitrogen and oxygen atoms in total. The Morgan fingerprint density at radius 1 is 1.13 bits per heavy atom. The highest BCUT2D eigenvalue weighted by Gasteiger charge is 2.30. The van der Waals surface area contributed by atoms with Crippen molar-refractivity contribution >= 4 is 6.21 Å². The van der Waals surface area contributed by atoms with E-state index in [9.17, 15) is 0 Å². The molecule has 23 heavy (non-hydrogen) atoms. The van der Waals surface area contributed by atoms with Crippen LogP contribution >= 0.6 is 0 Å². The molecule has 3 rings (SSSR count). The summed E-state index contributed by atoms with van der Waals surface area (Å²) in [6, 6.07) is 7.41. The summed E-state index contributed by atoms with van der Waals surface area (Å²) in [5, 5.41) is 8.55. The second kappa shape index (κ2) is 6.88. The molecule has 1 aromatic rings. The van der Waals surface area contributed by atoms with E-state index in [4.69, 9.17) is 5.10 Å². The largest absolute Gasteiger partial charge is 0.377 e. The summed E-state index contributed by atoms with van der Waals surface area (Å²) >= 11 is 0. The first-order valence-electron chi connectivity index (χ1n) is 9.08. The topological polar surface area (TPSA) is 24.4 Å². The predicted molar refractivity (Wildman–Crippen MR) is 97.0 cm³/mol. The van der Waals surface area contributed by atoms with Crippen LogP contribution < -0.4 is 5.32 Å². The molecule has 0 bridgehead atoms. The standard InChI is InChI=1S/C20H30N3/c1-4-23(14-18-11-10-16(2)17(3)12-18)15-20(13-21-23)22-19-8-6-5-7-9-19/h10-13,15,19,22H,4-9,14H2,1-3H3/q+1. The fourth-order valence-electron chi connectivity index (χ4n) is 3.65. The lowest BCUT2D eigenvalue weighted by atomic mass is 9.95. The third-order valence-corrected chi connectivity index (χ3v) is 5.36. The van der Waals surface area contributed by atoms with Gasteiger partial charge in [-0.2, -0.15) is 4.59 Å². The average molecular weight is 312 g/mol. The number of benzene rings is 1. The van der Waals surface area contributed by atoms with Crippen LogP contribution in [0.1, 0.15) is 55.7 Å². The lowest BCUT2D eigenvalue weighted by molar-refractivity contribution is -0.895. The molecule has 1 aliphatic carbocycles. The summed E-state index contributed by atoms with van der Waals surface area (Å²) in [5.74, 6) is 0. The van der Waals surface area contributed by atoms with E-state index in [1.807, 2.05) is 6.21 Å². The van der Waals surface area contributed by atoms with Gasteiger partial charge in [0.05, 0.1) is 0 Å². The van der Waals surface area contributed by atoms with Crippen LogP contribution in [0.5, 0.6) is 0 Å². The van der Waals surface area contributed by atoms with Crippen LogP contribution in [-0.2, 0) is 6.54 Å². The van der Waals surface area contributed by atoms with Gasteiger partial charge in [0.2, 0.25) is 0 Å². The number of hydrogen-bond acceptors (Lipinski definition) is 2. The minimum absolute atomic E-state index is 0.639. The third kappa shape index (κ3) is 3.84. The monoisotopic (exact) mass is 312 g/mol. The van der Waals surface area contributed by atoms with Gasteiger partial charge in [0.1, 0.15) is 31.2 Å². The average Bonchev–Trinajstić information content (AvgIpc) is 2.95. The van der Waals surface area contributed by atoms with Crippen molar-refractivity contribution < 1.29 is 4.59 Å². The van der Waals surface area contributed by atoms with Gasteiger partial charge >= 0.3 is 0 Å². The number of nitrogens with one attached hydrogen (secondary N) is 1. The highest BCUT2D eigenvalue weighted by molar-refractivity contribution is 5.78. The molecule has 0 saturated heterocycles. The zero-order valence-electron chi connectivity index (χ0n) is 14.8. The van der Waals surface area contributed by atoms with Crippen molar-refractivity contribution in [2.45, 2.75) is 65.5 Å². The van der Waals surface area contributed by atoms with E-state index in [2.05, 4.69) is 50.5 Å². The summed E-state index contributed by atoms with van der Waals surface area (Å²) in [7, 11) is 0. The maximum atomic E-state index is 4.84. The zero-order valence-corrected chi connectivity index (χ0v) is 14.8. The number of hydrogen-bond donors (Lipinski definition) is 1. The maximum absolute atomic E-state index is 4.84. The molecular weight excluding hydrogens is 282 g/mol. The smallest absolute Gasteiger partial charge is 0.148 e. The van der Waals surface area contributed by atoms with Gasteiger partial charge in [-0.05, 0) is 44.7 Å². The second-order valence-corrected chi connectivity index (χ2v) is 7.19. The number of quaternary nitrogens is 1. The van der Waals surface area contributed by atoms with Gasteiger partial charge in [-0.1, -0.05) is 42.6 Å². The van der Waals surface area contributed by atoms with Gasteiger partial charge in [-0.3, -0.25) is 0 Å². The highest BCUT2D eigenvalue weighted by atomic mass is 15.6. The maximum Gasteiger partial charge on any atom is 0.148 e. The molecule has 2 aliphatic rings. The van der Waals surface area contributed by atoms with Gasteiger partial charge in [-0.15, -0.1) is 0 Å². The van der Waals surface area contributed by atoms with Crippen LogP contribution in [0.4, 0.5) is 0 Å². The first kappa shape index (κ1) is 16.3. The molecule has 1 N–H and O–H groups in total. The minimum atomic E-state index is 0.639.